The maximum Gasteiger partial charge on any atom is 0.0587 e. The van der Waals surface area contributed by atoms with E-state index < -0.39 is 0 Å². The Labute approximate surface area is 115 Å². The first-order valence-electron chi connectivity index (χ1n) is 7.07. The van der Waals surface area contributed by atoms with Crippen molar-refractivity contribution >= 4 is 11.3 Å². The average Bonchev–Trinajstić information content (AvgIpc) is 2.89. The van der Waals surface area contributed by atoms with Crippen molar-refractivity contribution in [3.8, 4) is 0 Å². The fourth-order valence-corrected chi connectivity index (χ4v) is 3.91. The summed E-state index contributed by atoms with van der Waals surface area (Å²) in [6.45, 7) is 2.94. The lowest BCUT2D eigenvalue weighted by atomic mass is 9.71. The van der Waals surface area contributed by atoms with Crippen LogP contribution >= 0.6 is 11.3 Å². The zero-order valence-corrected chi connectivity index (χ0v) is 12.2. The summed E-state index contributed by atoms with van der Waals surface area (Å²) >= 11 is 1.91. The van der Waals surface area contributed by atoms with Crippen LogP contribution in [0.3, 0.4) is 0 Å². The van der Waals surface area contributed by atoms with Gasteiger partial charge in [-0.05, 0) is 36.1 Å². The molecule has 3 heteroatoms. The van der Waals surface area contributed by atoms with E-state index in [0.717, 1.165) is 19.7 Å². The molecule has 0 bridgehead atoms. The summed E-state index contributed by atoms with van der Waals surface area (Å²) in [5.74, 6) is 0. The van der Waals surface area contributed by atoms with Crippen LogP contribution in [0, 0.1) is 5.41 Å². The Kier molecular flexibility index (Phi) is 5.67. The minimum Gasteiger partial charge on any atom is -0.383 e. The molecule has 1 aromatic heterocycles. The highest BCUT2D eigenvalue weighted by Gasteiger charge is 2.32. The normalized spacial score (nSPS) is 18.9. The molecule has 0 amide bonds. The van der Waals surface area contributed by atoms with E-state index in [0.29, 0.717) is 5.41 Å². The van der Waals surface area contributed by atoms with Crippen molar-refractivity contribution in [1.82, 2.24) is 5.32 Å². The second-order valence-electron chi connectivity index (χ2n) is 5.49. The zero-order chi connectivity index (χ0) is 12.7. The van der Waals surface area contributed by atoms with E-state index >= 15 is 0 Å². The number of hydrogen-bond acceptors (Lipinski definition) is 3. The van der Waals surface area contributed by atoms with Crippen LogP contribution in [0.4, 0.5) is 0 Å². The predicted molar refractivity (Wildman–Crippen MR) is 78.3 cm³/mol. The van der Waals surface area contributed by atoms with Gasteiger partial charge in [0.25, 0.3) is 0 Å². The molecule has 0 spiro atoms. The fourth-order valence-electron chi connectivity index (χ4n) is 3.03. The van der Waals surface area contributed by atoms with Crippen molar-refractivity contribution in [2.24, 2.45) is 5.41 Å². The molecular formula is C15H25NOS. The van der Waals surface area contributed by atoms with Gasteiger partial charge in [-0.25, -0.2) is 0 Å². The van der Waals surface area contributed by atoms with Gasteiger partial charge in [0.1, 0.15) is 0 Å². The van der Waals surface area contributed by atoms with E-state index in [-0.39, 0.29) is 0 Å². The molecule has 2 rings (SSSR count). The van der Waals surface area contributed by atoms with Gasteiger partial charge in [0.05, 0.1) is 6.61 Å². The summed E-state index contributed by atoms with van der Waals surface area (Å²) in [4.78, 5) is 1.55. The van der Waals surface area contributed by atoms with Crippen LogP contribution in [0.2, 0.25) is 0 Å². The Hall–Kier alpha value is -0.380. The first kappa shape index (κ1) is 14.0. The lowest BCUT2D eigenvalue weighted by molar-refractivity contribution is 0.163. The molecule has 2 nitrogen and oxygen atoms in total. The molecule has 1 fully saturated rings. The number of methoxy groups -OCH3 is 1. The number of nitrogens with one attached hydrogen (secondary N) is 1. The minimum absolute atomic E-state index is 0.497. The standard InChI is InChI=1S/C15H25NOS/c1-17-10-9-16-13-15(7-3-2-4-8-15)12-14-6-5-11-18-14/h5-6,11,16H,2-4,7-10,12-13H2,1H3. The Morgan fingerprint density at radius 2 is 2.17 bits per heavy atom. The number of ether oxygens (including phenoxy) is 1. The third kappa shape index (κ3) is 4.08. The van der Waals surface area contributed by atoms with Crippen LogP contribution in [0.25, 0.3) is 0 Å². The Morgan fingerprint density at radius 1 is 1.33 bits per heavy atom. The van der Waals surface area contributed by atoms with Gasteiger partial charge in [-0.3, -0.25) is 0 Å². The average molecular weight is 267 g/mol. The van der Waals surface area contributed by atoms with Crippen LogP contribution in [-0.2, 0) is 11.2 Å². The SMILES string of the molecule is COCCNCC1(Cc2cccs2)CCCCC1. The Bertz CT molecular complexity index is 317. The highest BCUT2D eigenvalue weighted by Crippen LogP contribution is 2.39. The second-order valence-corrected chi connectivity index (χ2v) is 6.52. The molecule has 0 aliphatic heterocycles. The first-order chi connectivity index (χ1) is 8.85. The van der Waals surface area contributed by atoms with Gasteiger partial charge in [-0.2, -0.15) is 0 Å². The van der Waals surface area contributed by atoms with E-state index in [4.69, 9.17) is 4.74 Å². The molecule has 1 heterocycles. The lowest BCUT2D eigenvalue weighted by Crippen LogP contribution is -2.38. The minimum atomic E-state index is 0.497. The van der Waals surface area contributed by atoms with Gasteiger partial charge in [0.15, 0.2) is 0 Å². The van der Waals surface area contributed by atoms with Crippen molar-refractivity contribution in [2.45, 2.75) is 38.5 Å². The fraction of sp³-hybridized carbons (Fsp3) is 0.733. The summed E-state index contributed by atoms with van der Waals surface area (Å²) in [5, 5.41) is 5.79. The van der Waals surface area contributed by atoms with Crippen molar-refractivity contribution in [1.29, 1.82) is 0 Å². The molecular weight excluding hydrogens is 242 g/mol. The lowest BCUT2D eigenvalue weighted by Gasteiger charge is -2.37. The molecule has 0 aromatic carbocycles. The van der Waals surface area contributed by atoms with Crippen molar-refractivity contribution < 1.29 is 4.74 Å². The van der Waals surface area contributed by atoms with Crippen molar-refractivity contribution in [2.75, 3.05) is 26.8 Å². The van der Waals surface area contributed by atoms with Gasteiger partial charge in [-0.15, -0.1) is 11.3 Å². The van der Waals surface area contributed by atoms with E-state index in [9.17, 15) is 0 Å². The molecule has 0 radical (unpaired) electrons. The van der Waals surface area contributed by atoms with Crippen LogP contribution in [0.15, 0.2) is 17.5 Å². The Morgan fingerprint density at radius 3 is 2.83 bits per heavy atom. The van der Waals surface area contributed by atoms with Gasteiger partial charge < -0.3 is 10.1 Å². The third-order valence-corrected chi connectivity index (χ3v) is 4.90. The molecule has 1 aliphatic rings. The topological polar surface area (TPSA) is 21.3 Å². The van der Waals surface area contributed by atoms with Crippen LogP contribution in [0.5, 0.6) is 0 Å². The predicted octanol–water partition coefficient (Wildman–Crippen LogP) is 3.48. The molecule has 102 valence electrons. The number of hydrogen-bond donors (Lipinski definition) is 1. The van der Waals surface area contributed by atoms with Crippen LogP contribution < -0.4 is 5.32 Å². The monoisotopic (exact) mass is 267 g/mol. The molecule has 1 saturated carbocycles. The molecule has 1 N–H and O–H groups in total. The molecule has 0 saturated heterocycles. The van der Waals surface area contributed by atoms with E-state index in [1.807, 2.05) is 11.3 Å². The zero-order valence-electron chi connectivity index (χ0n) is 11.4. The number of rotatable bonds is 7. The maximum atomic E-state index is 5.11. The summed E-state index contributed by atoms with van der Waals surface area (Å²) in [7, 11) is 1.77. The van der Waals surface area contributed by atoms with Crippen molar-refractivity contribution in [3.05, 3.63) is 22.4 Å². The highest BCUT2D eigenvalue weighted by atomic mass is 32.1. The molecule has 1 aromatic rings. The quantitative estimate of drug-likeness (QED) is 0.764. The van der Waals surface area contributed by atoms with Gasteiger partial charge in [0, 0.05) is 25.1 Å². The summed E-state index contributed by atoms with van der Waals surface area (Å²) in [6, 6.07) is 4.46. The van der Waals surface area contributed by atoms with Gasteiger partial charge in [0.2, 0.25) is 0 Å². The van der Waals surface area contributed by atoms with Crippen LogP contribution in [-0.4, -0.2) is 26.8 Å². The molecule has 18 heavy (non-hydrogen) atoms. The summed E-state index contributed by atoms with van der Waals surface area (Å²) < 4.78 is 5.11. The maximum absolute atomic E-state index is 5.11. The van der Waals surface area contributed by atoms with E-state index in [1.54, 1.807) is 12.0 Å². The highest BCUT2D eigenvalue weighted by molar-refractivity contribution is 7.09. The largest absolute Gasteiger partial charge is 0.383 e. The Balaban J connectivity index is 1.89. The molecule has 0 unspecified atom stereocenters. The number of thiophene rings is 1. The van der Waals surface area contributed by atoms with Gasteiger partial charge in [-0.1, -0.05) is 25.3 Å². The van der Waals surface area contributed by atoms with Crippen molar-refractivity contribution in [3.63, 3.8) is 0 Å². The van der Waals surface area contributed by atoms with Crippen LogP contribution in [0.1, 0.15) is 37.0 Å². The second kappa shape index (κ2) is 7.27. The summed E-state index contributed by atoms with van der Waals surface area (Å²) in [5.41, 5.74) is 0.497. The van der Waals surface area contributed by atoms with E-state index in [1.165, 1.54) is 38.5 Å². The smallest absolute Gasteiger partial charge is 0.0587 e. The molecule has 1 aliphatic carbocycles. The summed E-state index contributed by atoms with van der Waals surface area (Å²) in [6.07, 6.45) is 8.24. The molecule has 0 atom stereocenters. The first-order valence-corrected chi connectivity index (χ1v) is 7.95. The van der Waals surface area contributed by atoms with Gasteiger partial charge >= 0.3 is 0 Å². The third-order valence-electron chi connectivity index (χ3n) is 4.03. The van der Waals surface area contributed by atoms with E-state index in [2.05, 4.69) is 22.8 Å².